The fourth-order valence-electron chi connectivity index (χ4n) is 1.49. The largest absolute Gasteiger partial charge is 0.433 e. The molecule has 124 valence electrons. The van der Waals surface area contributed by atoms with Crippen molar-refractivity contribution >= 4 is 46.3 Å². The third-order valence-corrected chi connectivity index (χ3v) is 4.02. The lowest BCUT2D eigenvalue weighted by atomic mass is 10.2. The van der Waals surface area contributed by atoms with Gasteiger partial charge in [0.15, 0.2) is 0 Å². The Morgan fingerprint density at radius 1 is 1.58 bits per heavy atom. The SMILES string of the molecule is CC(C)Sc1nsc(NC(=O)/C(C#N)=C\c2ccc([N+](=O)[O-])o2)n1. The van der Waals surface area contributed by atoms with Gasteiger partial charge in [-0.1, -0.05) is 25.6 Å². The first-order valence-electron chi connectivity index (χ1n) is 6.56. The second kappa shape index (κ2) is 7.71. The summed E-state index contributed by atoms with van der Waals surface area (Å²) in [6.07, 6.45) is 1.12. The van der Waals surface area contributed by atoms with Crippen molar-refractivity contribution in [2.45, 2.75) is 24.3 Å². The smallest absolute Gasteiger partial charge is 0.401 e. The zero-order chi connectivity index (χ0) is 17.7. The number of carbonyl (C=O) groups excluding carboxylic acids is 1. The van der Waals surface area contributed by atoms with Crippen LogP contribution in [0.15, 0.2) is 27.3 Å². The van der Waals surface area contributed by atoms with Crippen LogP contribution in [-0.4, -0.2) is 25.4 Å². The van der Waals surface area contributed by atoms with Gasteiger partial charge in [0.1, 0.15) is 22.3 Å². The van der Waals surface area contributed by atoms with Gasteiger partial charge in [0.05, 0.1) is 6.07 Å². The number of nitriles is 1. The predicted octanol–water partition coefficient (Wildman–Crippen LogP) is 3.09. The van der Waals surface area contributed by atoms with Crippen LogP contribution in [0.5, 0.6) is 0 Å². The van der Waals surface area contributed by atoms with Crippen LogP contribution in [0.2, 0.25) is 0 Å². The molecule has 2 heterocycles. The number of hydrogen-bond acceptors (Lipinski definition) is 9. The van der Waals surface area contributed by atoms with Crippen molar-refractivity contribution in [3.05, 3.63) is 33.6 Å². The number of furan rings is 1. The molecular formula is C13H11N5O4S2. The molecule has 0 atom stereocenters. The number of nitrogens with one attached hydrogen (secondary N) is 1. The Morgan fingerprint density at radius 3 is 2.92 bits per heavy atom. The summed E-state index contributed by atoms with van der Waals surface area (Å²) in [6, 6.07) is 4.15. The number of thioether (sulfide) groups is 1. The van der Waals surface area contributed by atoms with Gasteiger partial charge >= 0.3 is 5.88 Å². The first-order chi connectivity index (χ1) is 11.4. The Morgan fingerprint density at radius 2 is 2.33 bits per heavy atom. The number of carbonyl (C=O) groups is 1. The van der Waals surface area contributed by atoms with Crippen LogP contribution in [0.1, 0.15) is 19.6 Å². The highest BCUT2D eigenvalue weighted by atomic mass is 32.2. The van der Waals surface area contributed by atoms with Gasteiger partial charge in [-0.05, 0) is 6.07 Å². The Bertz CT molecular complexity index is 834. The van der Waals surface area contributed by atoms with Gasteiger partial charge in [-0.15, -0.1) is 0 Å². The number of nitro groups is 1. The van der Waals surface area contributed by atoms with E-state index in [-0.39, 0.29) is 16.5 Å². The number of amides is 1. The van der Waals surface area contributed by atoms with Gasteiger partial charge < -0.3 is 4.42 Å². The maximum atomic E-state index is 12.1. The van der Waals surface area contributed by atoms with Crippen molar-refractivity contribution in [1.82, 2.24) is 9.36 Å². The molecular weight excluding hydrogens is 354 g/mol. The summed E-state index contributed by atoms with van der Waals surface area (Å²) in [5, 5.41) is 23.2. The molecule has 0 bridgehead atoms. The normalized spacial score (nSPS) is 11.3. The van der Waals surface area contributed by atoms with E-state index in [9.17, 15) is 14.9 Å². The van der Waals surface area contributed by atoms with Crippen LogP contribution in [0, 0.1) is 21.4 Å². The molecule has 9 nitrogen and oxygen atoms in total. The number of nitrogens with zero attached hydrogens (tertiary/aromatic N) is 4. The van der Waals surface area contributed by atoms with Crippen LogP contribution >= 0.6 is 23.3 Å². The van der Waals surface area contributed by atoms with Gasteiger partial charge in [-0.2, -0.15) is 14.6 Å². The van der Waals surface area contributed by atoms with Crippen molar-refractivity contribution in [2.75, 3.05) is 5.32 Å². The highest BCUT2D eigenvalue weighted by molar-refractivity contribution is 7.99. The molecule has 1 N–H and O–H groups in total. The topological polar surface area (TPSA) is 135 Å². The summed E-state index contributed by atoms with van der Waals surface area (Å²) < 4.78 is 8.97. The summed E-state index contributed by atoms with van der Waals surface area (Å²) in [4.78, 5) is 26.0. The summed E-state index contributed by atoms with van der Waals surface area (Å²) in [5.41, 5.74) is -0.271. The molecule has 0 spiro atoms. The van der Waals surface area contributed by atoms with Gasteiger partial charge in [-0.3, -0.25) is 20.2 Å². The lowest BCUT2D eigenvalue weighted by Crippen LogP contribution is -2.13. The van der Waals surface area contributed by atoms with E-state index in [1.165, 1.54) is 17.8 Å². The average molecular weight is 365 g/mol. The van der Waals surface area contributed by atoms with E-state index in [0.29, 0.717) is 10.4 Å². The van der Waals surface area contributed by atoms with Gasteiger partial charge in [0.25, 0.3) is 5.91 Å². The first-order valence-corrected chi connectivity index (χ1v) is 8.22. The summed E-state index contributed by atoms with van der Waals surface area (Å²) in [7, 11) is 0. The maximum absolute atomic E-state index is 12.1. The Kier molecular flexibility index (Phi) is 5.67. The van der Waals surface area contributed by atoms with E-state index in [0.717, 1.165) is 23.7 Å². The molecule has 0 fully saturated rings. The summed E-state index contributed by atoms with van der Waals surface area (Å²) in [5.74, 6) is -1.14. The van der Waals surface area contributed by atoms with E-state index in [1.807, 2.05) is 13.8 Å². The molecule has 11 heteroatoms. The lowest BCUT2D eigenvalue weighted by molar-refractivity contribution is -0.402. The van der Waals surface area contributed by atoms with E-state index in [2.05, 4.69) is 14.7 Å². The highest BCUT2D eigenvalue weighted by Crippen LogP contribution is 2.24. The maximum Gasteiger partial charge on any atom is 0.433 e. The van der Waals surface area contributed by atoms with Crippen molar-refractivity contribution in [2.24, 2.45) is 0 Å². The van der Waals surface area contributed by atoms with Crippen molar-refractivity contribution in [3.8, 4) is 6.07 Å². The monoisotopic (exact) mass is 365 g/mol. The van der Waals surface area contributed by atoms with E-state index >= 15 is 0 Å². The number of hydrogen-bond donors (Lipinski definition) is 1. The van der Waals surface area contributed by atoms with Crippen LogP contribution < -0.4 is 5.32 Å². The van der Waals surface area contributed by atoms with Gasteiger partial charge in [0.2, 0.25) is 10.3 Å². The molecule has 0 unspecified atom stereocenters. The Balaban J connectivity index is 2.10. The average Bonchev–Trinajstić information content (AvgIpc) is 3.13. The Hall–Kier alpha value is -2.71. The molecule has 2 aromatic rings. The molecule has 0 aliphatic rings. The molecule has 1 amide bonds. The third kappa shape index (κ3) is 4.64. The second-order valence-corrected chi connectivity index (χ2v) is 6.90. The summed E-state index contributed by atoms with van der Waals surface area (Å²) >= 11 is 2.45. The second-order valence-electron chi connectivity index (χ2n) is 4.61. The van der Waals surface area contributed by atoms with Crippen LogP contribution in [0.3, 0.4) is 0 Å². The highest BCUT2D eigenvalue weighted by Gasteiger charge is 2.16. The standard InChI is InChI=1S/C13H11N5O4S2/c1-7(2)23-13-16-12(24-17-13)15-11(19)8(6-14)5-9-3-4-10(22-9)18(20)21/h3-5,7H,1-2H3,(H,15,16,17,19)/b8-5-. The Labute approximate surface area is 144 Å². The molecule has 0 radical (unpaired) electrons. The predicted molar refractivity (Wildman–Crippen MR) is 88.5 cm³/mol. The van der Waals surface area contributed by atoms with Gasteiger partial charge in [0, 0.05) is 22.9 Å². The van der Waals surface area contributed by atoms with Crippen LogP contribution in [0.4, 0.5) is 11.0 Å². The molecule has 0 saturated heterocycles. The van der Waals surface area contributed by atoms with Crippen LogP contribution in [-0.2, 0) is 4.79 Å². The fourth-order valence-corrected chi connectivity index (χ4v) is 2.87. The molecule has 0 saturated carbocycles. The van der Waals surface area contributed by atoms with Gasteiger partial charge in [-0.25, -0.2) is 0 Å². The minimum absolute atomic E-state index is 0.0294. The van der Waals surface area contributed by atoms with Crippen LogP contribution in [0.25, 0.3) is 6.08 Å². The van der Waals surface area contributed by atoms with E-state index < -0.39 is 16.7 Å². The fraction of sp³-hybridized carbons (Fsp3) is 0.231. The molecule has 2 aromatic heterocycles. The van der Waals surface area contributed by atoms with E-state index in [4.69, 9.17) is 9.68 Å². The molecule has 0 aromatic carbocycles. The molecule has 24 heavy (non-hydrogen) atoms. The molecule has 0 aliphatic heterocycles. The minimum atomic E-state index is -0.710. The van der Waals surface area contributed by atoms with E-state index in [1.54, 1.807) is 6.07 Å². The lowest BCUT2D eigenvalue weighted by Gasteiger charge is -1.99. The zero-order valence-electron chi connectivity index (χ0n) is 12.5. The minimum Gasteiger partial charge on any atom is -0.401 e. The molecule has 0 aliphatic carbocycles. The van der Waals surface area contributed by atoms with Crippen molar-refractivity contribution in [3.63, 3.8) is 0 Å². The van der Waals surface area contributed by atoms with Crippen molar-refractivity contribution in [1.29, 1.82) is 5.26 Å². The summed E-state index contributed by atoms with van der Waals surface area (Å²) in [6.45, 7) is 3.98. The number of anilines is 1. The first kappa shape index (κ1) is 17.6. The number of rotatable bonds is 6. The number of aromatic nitrogens is 2. The molecule has 2 rings (SSSR count). The van der Waals surface area contributed by atoms with Crippen molar-refractivity contribution < 1.29 is 14.1 Å². The third-order valence-electron chi connectivity index (χ3n) is 2.41. The zero-order valence-corrected chi connectivity index (χ0v) is 14.2. The quantitative estimate of drug-likeness (QED) is 0.271.